The zero-order chi connectivity index (χ0) is 9.80. The number of nitrogens with zero attached hydrogens (tertiary/aromatic N) is 2. The highest BCUT2D eigenvalue weighted by Crippen LogP contribution is 2.24. The van der Waals surface area contributed by atoms with Crippen molar-refractivity contribution < 1.29 is 0 Å². The van der Waals surface area contributed by atoms with Crippen molar-refractivity contribution in [1.82, 2.24) is 10.3 Å². The number of nitrogens with one attached hydrogen (secondary N) is 1. The zero-order valence-electron chi connectivity index (χ0n) is 8.57. The molecule has 0 amide bonds. The predicted molar refractivity (Wildman–Crippen MR) is 61.0 cm³/mol. The fourth-order valence-electron chi connectivity index (χ4n) is 2.07. The third kappa shape index (κ3) is 2.25. The maximum absolute atomic E-state index is 4.36. The number of rotatable bonds is 3. The summed E-state index contributed by atoms with van der Waals surface area (Å²) in [6.07, 6.45) is 4.54. The molecule has 1 aliphatic rings. The molecule has 1 saturated heterocycles. The molecule has 0 bridgehead atoms. The molecule has 1 atom stereocenters. The highest BCUT2D eigenvalue weighted by atomic mass is 32.1. The largest absolute Gasteiger partial charge is 0.348 e. The summed E-state index contributed by atoms with van der Waals surface area (Å²) in [6.45, 7) is 3.46. The van der Waals surface area contributed by atoms with Crippen LogP contribution in [0.15, 0.2) is 11.6 Å². The van der Waals surface area contributed by atoms with Gasteiger partial charge in [-0.25, -0.2) is 4.98 Å². The van der Waals surface area contributed by atoms with E-state index in [-0.39, 0.29) is 0 Å². The van der Waals surface area contributed by atoms with Gasteiger partial charge in [0.15, 0.2) is 5.13 Å². The molecule has 1 aromatic heterocycles. The summed E-state index contributed by atoms with van der Waals surface area (Å²) in [5, 5.41) is 6.50. The van der Waals surface area contributed by atoms with Crippen LogP contribution in [-0.4, -0.2) is 31.7 Å². The first kappa shape index (κ1) is 9.93. The summed E-state index contributed by atoms with van der Waals surface area (Å²) in [5.74, 6) is 0.789. The Morgan fingerprint density at radius 1 is 1.71 bits per heavy atom. The van der Waals surface area contributed by atoms with Gasteiger partial charge in [0.1, 0.15) is 0 Å². The van der Waals surface area contributed by atoms with Gasteiger partial charge in [-0.2, -0.15) is 0 Å². The Morgan fingerprint density at radius 3 is 3.36 bits per heavy atom. The Hall–Kier alpha value is -0.610. The molecule has 1 aromatic rings. The Morgan fingerprint density at radius 2 is 2.64 bits per heavy atom. The van der Waals surface area contributed by atoms with Gasteiger partial charge in [0.05, 0.1) is 0 Å². The summed E-state index contributed by atoms with van der Waals surface area (Å²) in [6, 6.07) is 0. The molecular formula is C10H17N3S. The fraction of sp³-hybridized carbons (Fsp3) is 0.700. The number of piperidine rings is 1. The molecule has 1 unspecified atom stereocenters. The van der Waals surface area contributed by atoms with E-state index >= 15 is 0 Å². The number of thiazole rings is 1. The van der Waals surface area contributed by atoms with Crippen molar-refractivity contribution in [3.8, 4) is 0 Å². The Kier molecular flexibility index (Phi) is 3.37. The average molecular weight is 211 g/mol. The lowest BCUT2D eigenvalue weighted by Gasteiger charge is -2.32. The van der Waals surface area contributed by atoms with E-state index in [1.165, 1.54) is 24.5 Å². The van der Waals surface area contributed by atoms with Crippen molar-refractivity contribution in [3.63, 3.8) is 0 Å². The van der Waals surface area contributed by atoms with E-state index < -0.39 is 0 Å². The first-order valence-electron chi connectivity index (χ1n) is 5.19. The van der Waals surface area contributed by atoms with E-state index in [1.807, 2.05) is 13.2 Å². The van der Waals surface area contributed by atoms with Gasteiger partial charge in [0.2, 0.25) is 0 Å². The number of aromatic nitrogens is 1. The van der Waals surface area contributed by atoms with Crippen molar-refractivity contribution >= 4 is 16.5 Å². The predicted octanol–water partition coefficient (Wildman–Crippen LogP) is 1.58. The van der Waals surface area contributed by atoms with Gasteiger partial charge < -0.3 is 10.2 Å². The van der Waals surface area contributed by atoms with Gasteiger partial charge >= 0.3 is 0 Å². The van der Waals surface area contributed by atoms with Crippen molar-refractivity contribution in [2.24, 2.45) is 5.92 Å². The Balaban J connectivity index is 1.94. The molecule has 0 aromatic carbocycles. The molecule has 2 rings (SSSR count). The van der Waals surface area contributed by atoms with Crippen LogP contribution >= 0.6 is 11.3 Å². The number of hydrogen-bond acceptors (Lipinski definition) is 4. The van der Waals surface area contributed by atoms with Crippen LogP contribution in [0.2, 0.25) is 0 Å². The second-order valence-corrected chi connectivity index (χ2v) is 4.70. The minimum Gasteiger partial charge on any atom is -0.348 e. The van der Waals surface area contributed by atoms with Gasteiger partial charge in [-0.05, 0) is 32.4 Å². The molecular weight excluding hydrogens is 194 g/mol. The summed E-state index contributed by atoms with van der Waals surface area (Å²) < 4.78 is 0. The van der Waals surface area contributed by atoms with Crippen molar-refractivity contribution in [3.05, 3.63) is 11.6 Å². The lowest BCUT2D eigenvalue weighted by atomic mass is 9.98. The molecule has 0 radical (unpaired) electrons. The normalized spacial score (nSPS) is 22.6. The molecule has 1 aliphatic heterocycles. The quantitative estimate of drug-likeness (QED) is 0.823. The van der Waals surface area contributed by atoms with Crippen LogP contribution in [0.3, 0.4) is 0 Å². The molecule has 1 fully saturated rings. The Bertz CT molecular complexity index is 258. The minimum atomic E-state index is 0.789. The second-order valence-electron chi connectivity index (χ2n) is 3.83. The summed E-state index contributed by atoms with van der Waals surface area (Å²) in [7, 11) is 2.03. The number of hydrogen-bond donors (Lipinski definition) is 1. The molecule has 3 nitrogen and oxygen atoms in total. The van der Waals surface area contributed by atoms with Gasteiger partial charge in [-0.15, -0.1) is 11.3 Å². The van der Waals surface area contributed by atoms with E-state index in [1.54, 1.807) is 11.3 Å². The highest BCUT2D eigenvalue weighted by molar-refractivity contribution is 7.13. The van der Waals surface area contributed by atoms with Crippen LogP contribution < -0.4 is 10.2 Å². The van der Waals surface area contributed by atoms with Crippen molar-refractivity contribution in [1.29, 1.82) is 0 Å². The maximum Gasteiger partial charge on any atom is 0.185 e. The van der Waals surface area contributed by atoms with E-state index in [2.05, 4.69) is 20.6 Å². The molecule has 2 heterocycles. The SMILES string of the molecule is CNCC1CCCN(c2nccs2)C1. The van der Waals surface area contributed by atoms with Gasteiger partial charge in [0, 0.05) is 24.7 Å². The summed E-state index contributed by atoms with van der Waals surface area (Å²) >= 11 is 1.74. The molecule has 0 aliphatic carbocycles. The summed E-state index contributed by atoms with van der Waals surface area (Å²) in [4.78, 5) is 6.77. The average Bonchev–Trinajstić information content (AvgIpc) is 2.71. The van der Waals surface area contributed by atoms with Crippen LogP contribution in [0, 0.1) is 5.92 Å². The third-order valence-electron chi connectivity index (χ3n) is 2.70. The molecule has 4 heteroatoms. The molecule has 0 saturated carbocycles. The first-order valence-corrected chi connectivity index (χ1v) is 6.07. The molecule has 14 heavy (non-hydrogen) atoms. The monoisotopic (exact) mass is 211 g/mol. The van der Waals surface area contributed by atoms with E-state index in [4.69, 9.17) is 0 Å². The molecule has 1 N–H and O–H groups in total. The smallest absolute Gasteiger partial charge is 0.185 e. The van der Waals surface area contributed by atoms with Crippen LogP contribution in [0.25, 0.3) is 0 Å². The van der Waals surface area contributed by atoms with Gasteiger partial charge in [-0.3, -0.25) is 0 Å². The first-order chi connectivity index (χ1) is 6.90. The molecule has 0 spiro atoms. The summed E-state index contributed by atoms with van der Waals surface area (Å²) in [5.41, 5.74) is 0. The van der Waals surface area contributed by atoms with E-state index in [0.29, 0.717) is 0 Å². The van der Waals surface area contributed by atoms with Crippen LogP contribution in [0.1, 0.15) is 12.8 Å². The highest BCUT2D eigenvalue weighted by Gasteiger charge is 2.20. The zero-order valence-corrected chi connectivity index (χ0v) is 9.39. The topological polar surface area (TPSA) is 28.2 Å². The van der Waals surface area contributed by atoms with Gasteiger partial charge in [0.25, 0.3) is 0 Å². The Labute approximate surface area is 89.1 Å². The fourth-order valence-corrected chi connectivity index (χ4v) is 2.75. The van der Waals surface area contributed by atoms with Crippen molar-refractivity contribution in [2.45, 2.75) is 12.8 Å². The van der Waals surface area contributed by atoms with E-state index in [0.717, 1.165) is 19.0 Å². The lowest BCUT2D eigenvalue weighted by Crippen LogP contribution is -2.38. The van der Waals surface area contributed by atoms with Crippen LogP contribution in [0.5, 0.6) is 0 Å². The van der Waals surface area contributed by atoms with Crippen molar-refractivity contribution in [2.75, 3.05) is 31.6 Å². The minimum absolute atomic E-state index is 0.789. The van der Waals surface area contributed by atoms with E-state index in [9.17, 15) is 0 Å². The van der Waals surface area contributed by atoms with Crippen LogP contribution in [-0.2, 0) is 0 Å². The standard InChI is InChI=1S/C10H17N3S/c1-11-7-9-3-2-5-13(8-9)10-12-4-6-14-10/h4,6,9,11H,2-3,5,7-8H2,1H3. The maximum atomic E-state index is 4.36. The third-order valence-corrected chi connectivity index (χ3v) is 3.53. The lowest BCUT2D eigenvalue weighted by molar-refractivity contribution is 0.402. The second kappa shape index (κ2) is 4.75. The molecule has 78 valence electrons. The number of anilines is 1. The van der Waals surface area contributed by atoms with Crippen LogP contribution in [0.4, 0.5) is 5.13 Å². The van der Waals surface area contributed by atoms with Gasteiger partial charge in [-0.1, -0.05) is 0 Å².